The third-order valence-corrected chi connectivity index (χ3v) is 4.28. The van der Waals surface area contributed by atoms with Crippen LogP contribution in [0.15, 0.2) is 24.3 Å². The number of carbonyl (C=O) groups is 1. The highest BCUT2D eigenvalue weighted by Crippen LogP contribution is 2.30. The largest absolute Gasteiger partial charge is 0.355 e. The van der Waals surface area contributed by atoms with Gasteiger partial charge in [0, 0.05) is 38.5 Å². The zero-order valence-electron chi connectivity index (χ0n) is 14.7. The van der Waals surface area contributed by atoms with Gasteiger partial charge in [-0.25, -0.2) is 0 Å². The van der Waals surface area contributed by atoms with Crippen molar-refractivity contribution in [3.8, 4) is 6.07 Å². The van der Waals surface area contributed by atoms with Crippen molar-refractivity contribution in [1.29, 1.82) is 5.26 Å². The molecule has 0 aromatic heterocycles. The third kappa shape index (κ3) is 4.92. The maximum Gasteiger partial charge on any atom is 0.220 e. The molecule has 1 atom stereocenters. The predicted octanol–water partition coefficient (Wildman–Crippen LogP) is 1.54. The standard InChI is InChI=1S/C19H26N4O/c1-14-10-15(12-20)4-5-17(14)18-6-7-21-13-16(18)11-19(24)22-8-9-23(2)3/h4-6,10,16,21H,7-9,11,13H2,1-3H3,(H,22,24). The number of nitrogens with zero attached hydrogens (tertiary/aromatic N) is 2. The molecule has 1 unspecified atom stereocenters. The lowest BCUT2D eigenvalue weighted by atomic mass is 9.85. The molecule has 1 aromatic carbocycles. The van der Waals surface area contributed by atoms with E-state index in [-0.39, 0.29) is 11.8 Å². The number of carbonyl (C=O) groups excluding carboxylic acids is 1. The summed E-state index contributed by atoms with van der Waals surface area (Å²) in [6.45, 7) is 5.14. The molecule has 128 valence electrons. The molecule has 0 radical (unpaired) electrons. The van der Waals surface area contributed by atoms with E-state index in [9.17, 15) is 4.79 Å². The van der Waals surface area contributed by atoms with Crippen LogP contribution < -0.4 is 10.6 Å². The van der Waals surface area contributed by atoms with Gasteiger partial charge in [0.1, 0.15) is 0 Å². The van der Waals surface area contributed by atoms with E-state index in [1.807, 2.05) is 44.1 Å². The first-order valence-corrected chi connectivity index (χ1v) is 8.34. The molecular weight excluding hydrogens is 300 g/mol. The number of likely N-dealkylation sites (N-methyl/N-ethyl adjacent to an activating group) is 1. The third-order valence-electron chi connectivity index (χ3n) is 4.28. The summed E-state index contributed by atoms with van der Waals surface area (Å²) >= 11 is 0. The number of benzene rings is 1. The maximum atomic E-state index is 12.2. The van der Waals surface area contributed by atoms with E-state index in [0.717, 1.165) is 30.8 Å². The van der Waals surface area contributed by atoms with Crippen molar-refractivity contribution in [2.24, 2.45) is 5.92 Å². The summed E-state index contributed by atoms with van der Waals surface area (Å²) in [7, 11) is 3.98. The number of nitriles is 1. The second-order valence-corrected chi connectivity index (χ2v) is 6.51. The SMILES string of the molecule is Cc1cc(C#N)ccc1C1=CCNCC1CC(=O)NCCN(C)C. The first kappa shape index (κ1) is 18.2. The van der Waals surface area contributed by atoms with Gasteiger partial charge in [0.15, 0.2) is 0 Å². The van der Waals surface area contributed by atoms with Crippen LogP contribution in [-0.2, 0) is 4.79 Å². The van der Waals surface area contributed by atoms with E-state index in [2.05, 4.69) is 22.8 Å². The van der Waals surface area contributed by atoms with Crippen LogP contribution >= 0.6 is 0 Å². The minimum absolute atomic E-state index is 0.0859. The lowest BCUT2D eigenvalue weighted by Gasteiger charge is -2.26. The van der Waals surface area contributed by atoms with Gasteiger partial charge < -0.3 is 15.5 Å². The van der Waals surface area contributed by atoms with Gasteiger partial charge in [-0.2, -0.15) is 5.26 Å². The van der Waals surface area contributed by atoms with E-state index in [0.29, 0.717) is 18.5 Å². The monoisotopic (exact) mass is 326 g/mol. The van der Waals surface area contributed by atoms with Gasteiger partial charge >= 0.3 is 0 Å². The Bertz CT molecular complexity index is 658. The summed E-state index contributed by atoms with van der Waals surface area (Å²) in [5.74, 6) is 0.243. The maximum absolute atomic E-state index is 12.2. The van der Waals surface area contributed by atoms with Crippen molar-refractivity contribution < 1.29 is 4.79 Å². The molecule has 2 N–H and O–H groups in total. The van der Waals surface area contributed by atoms with E-state index < -0.39 is 0 Å². The highest BCUT2D eigenvalue weighted by Gasteiger charge is 2.23. The van der Waals surface area contributed by atoms with E-state index in [4.69, 9.17) is 5.26 Å². The van der Waals surface area contributed by atoms with Crippen LogP contribution in [-0.4, -0.2) is 51.1 Å². The normalized spacial score (nSPS) is 17.3. The van der Waals surface area contributed by atoms with E-state index >= 15 is 0 Å². The summed E-state index contributed by atoms with van der Waals surface area (Å²) in [6, 6.07) is 7.93. The Morgan fingerprint density at radius 3 is 2.92 bits per heavy atom. The van der Waals surface area contributed by atoms with Crippen molar-refractivity contribution in [2.45, 2.75) is 13.3 Å². The quantitative estimate of drug-likeness (QED) is 0.832. The lowest BCUT2D eigenvalue weighted by Crippen LogP contribution is -2.36. The predicted molar refractivity (Wildman–Crippen MR) is 96.4 cm³/mol. The van der Waals surface area contributed by atoms with Crippen LogP contribution in [0.25, 0.3) is 5.57 Å². The number of hydrogen-bond acceptors (Lipinski definition) is 4. The van der Waals surface area contributed by atoms with Gasteiger partial charge in [-0.3, -0.25) is 4.79 Å². The van der Waals surface area contributed by atoms with E-state index in [1.54, 1.807) is 0 Å². The molecule has 0 saturated carbocycles. The van der Waals surface area contributed by atoms with Crippen molar-refractivity contribution >= 4 is 11.5 Å². The molecule has 1 aliphatic rings. The number of hydrogen-bond donors (Lipinski definition) is 2. The highest BCUT2D eigenvalue weighted by atomic mass is 16.1. The van der Waals surface area contributed by atoms with Crippen LogP contribution in [0.1, 0.15) is 23.1 Å². The Balaban J connectivity index is 2.07. The fraction of sp³-hybridized carbons (Fsp3) is 0.474. The summed E-state index contributed by atoms with van der Waals surface area (Å²) in [5.41, 5.74) is 4.10. The summed E-state index contributed by atoms with van der Waals surface area (Å²) in [4.78, 5) is 14.3. The number of nitrogens with one attached hydrogen (secondary N) is 2. The smallest absolute Gasteiger partial charge is 0.220 e. The zero-order chi connectivity index (χ0) is 17.5. The van der Waals surface area contributed by atoms with Gasteiger partial charge in [-0.15, -0.1) is 0 Å². The van der Waals surface area contributed by atoms with Gasteiger partial charge in [0.05, 0.1) is 11.6 Å². The van der Waals surface area contributed by atoms with Crippen LogP contribution in [0.4, 0.5) is 0 Å². The Morgan fingerprint density at radius 2 is 2.25 bits per heavy atom. The van der Waals surface area contributed by atoms with Crippen LogP contribution in [0.3, 0.4) is 0 Å². The molecule has 24 heavy (non-hydrogen) atoms. The summed E-state index contributed by atoms with van der Waals surface area (Å²) in [5, 5.41) is 15.4. The van der Waals surface area contributed by atoms with E-state index in [1.165, 1.54) is 5.57 Å². The first-order chi connectivity index (χ1) is 11.5. The molecule has 0 fully saturated rings. The number of rotatable bonds is 6. The van der Waals surface area contributed by atoms with Crippen molar-refractivity contribution in [3.63, 3.8) is 0 Å². The molecule has 1 aromatic rings. The topological polar surface area (TPSA) is 68.2 Å². The second-order valence-electron chi connectivity index (χ2n) is 6.51. The zero-order valence-corrected chi connectivity index (χ0v) is 14.7. The van der Waals surface area contributed by atoms with Gasteiger partial charge in [-0.1, -0.05) is 12.1 Å². The fourth-order valence-electron chi connectivity index (χ4n) is 3.00. The highest BCUT2D eigenvalue weighted by molar-refractivity contribution is 5.81. The van der Waals surface area contributed by atoms with Gasteiger partial charge in [-0.05, 0) is 49.9 Å². The minimum atomic E-state index is 0.0859. The van der Waals surface area contributed by atoms with Gasteiger partial charge in [0.25, 0.3) is 0 Å². The second kappa shape index (κ2) is 8.62. The number of amides is 1. The van der Waals surface area contributed by atoms with Crippen molar-refractivity contribution in [2.75, 3.05) is 40.3 Å². The molecule has 5 heteroatoms. The molecule has 0 bridgehead atoms. The Kier molecular flexibility index (Phi) is 6.53. The molecule has 1 amide bonds. The van der Waals surface area contributed by atoms with Crippen molar-refractivity contribution in [3.05, 3.63) is 41.0 Å². The Hall–Kier alpha value is -2.16. The average Bonchev–Trinajstić information content (AvgIpc) is 2.55. The summed E-state index contributed by atoms with van der Waals surface area (Å²) < 4.78 is 0. The van der Waals surface area contributed by atoms with Crippen LogP contribution in [0.5, 0.6) is 0 Å². The summed E-state index contributed by atoms with van der Waals surface area (Å²) in [6.07, 6.45) is 2.64. The van der Waals surface area contributed by atoms with Crippen LogP contribution in [0.2, 0.25) is 0 Å². The molecule has 0 aliphatic carbocycles. The van der Waals surface area contributed by atoms with Crippen LogP contribution in [0, 0.1) is 24.2 Å². The van der Waals surface area contributed by atoms with Gasteiger partial charge in [0.2, 0.25) is 5.91 Å². The Morgan fingerprint density at radius 1 is 1.46 bits per heavy atom. The molecule has 1 heterocycles. The molecule has 0 saturated heterocycles. The lowest BCUT2D eigenvalue weighted by molar-refractivity contribution is -0.121. The number of aryl methyl sites for hydroxylation is 1. The fourth-order valence-corrected chi connectivity index (χ4v) is 3.00. The first-order valence-electron chi connectivity index (χ1n) is 8.34. The molecule has 5 nitrogen and oxygen atoms in total. The Labute approximate surface area is 144 Å². The average molecular weight is 326 g/mol. The molecule has 0 spiro atoms. The molecule has 2 rings (SSSR count). The molecular formula is C19H26N4O. The molecule has 1 aliphatic heterocycles. The van der Waals surface area contributed by atoms with Crippen molar-refractivity contribution in [1.82, 2.24) is 15.5 Å². The minimum Gasteiger partial charge on any atom is -0.355 e.